The van der Waals surface area contributed by atoms with Crippen LogP contribution < -0.4 is 10.6 Å². The van der Waals surface area contributed by atoms with E-state index in [0.717, 1.165) is 20.8 Å². The Morgan fingerprint density at radius 1 is 1.07 bits per heavy atom. The fourth-order valence-corrected chi connectivity index (χ4v) is 3.89. The molecule has 1 atom stereocenters. The molecule has 0 saturated carbocycles. The minimum atomic E-state index is -0.560. The first-order valence-electron chi connectivity index (χ1n) is 8.89. The molecule has 0 aliphatic heterocycles. The topological polar surface area (TPSA) is 71.1 Å². The maximum Gasteiger partial charge on any atom is 0.247 e. The summed E-state index contributed by atoms with van der Waals surface area (Å²) in [7, 11) is 0. The number of amides is 2. The lowest BCUT2D eigenvalue weighted by molar-refractivity contribution is -0.126. The number of nitrogens with one attached hydrogen (secondary N) is 2. The monoisotopic (exact) mass is 381 g/mol. The van der Waals surface area contributed by atoms with Crippen LogP contribution in [-0.4, -0.2) is 22.8 Å². The molecule has 0 radical (unpaired) electrons. The van der Waals surface area contributed by atoms with Gasteiger partial charge in [0.15, 0.2) is 0 Å². The third-order valence-electron chi connectivity index (χ3n) is 4.25. The van der Waals surface area contributed by atoms with Crippen molar-refractivity contribution in [1.82, 2.24) is 10.3 Å². The van der Waals surface area contributed by atoms with Crippen molar-refractivity contribution in [2.24, 2.45) is 5.92 Å². The molecule has 3 rings (SSSR count). The summed E-state index contributed by atoms with van der Waals surface area (Å²) in [6, 6.07) is 13.3. The lowest BCUT2D eigenvalue weighted by atomic mass is 10.0. The summed E-state index contributed by atoms with van der Waals surface area (Å²) in [6.45, 7) is 7.29. The van der Waals surface area contributed by atoms with Gasteiger partial charge in [0.25, 0.3) is 0 Å². The normalized spacial score (nSPS) is 12.2. The summed E-state index contributed by atoms with van der Waals surface area (Å²) in [4.78, 5) is 28.5. The number of benzene rings is 2. The third-order valence-corrected chi connectivity index (χ3v) is 5.32. The maximum absolute atomic E-state index is 12.5. The second-order valence-corrected chi connectivity index (χ2v) is 8.01. The number of hydrogen-bond donors (Lipinski definition) is 2. The van der Waals surface area contributed by atoms with Crippen molar-refractivity contribution in [3.8, 4) is 10.6 Å². The Morgan fingerprint density at radius 2 is 1.78 bits per heavy atom. The van der Waals surface area contributed by atoms with Crippen LogP contribution in [0.15, 0.2) is 42.5 Å². The second kappa shape index (κ2) is 7.88. The van der Waals surface area contributed by atoms with E-state index in [4.69, 9.17) is 0 Å². The molecular weight excluding hydrogens is 358 g/mol. The third kappa shape index (κ3) is 4.52. The molecule has 0 unspecified atom stereocenters. The molecule has 1 heterocycles. The van der Waals surface area contributed by atoms with Crippen LogP contribution in [0.25, 0.3) is 20.8 Å². The molecule has 0 aliphatic rings. The Labute approximate surface area is 162 Å². The van der Waals surface area contributed by atoms with Gasteiger partial charge >= 0.3 is 0 Å². The van der Waals surface area contributed by atoms with Crippen LogP contribution in [0, 0.1) is 12.8 Å². The van der Waals surface area contributed by atoms with Gasteiger partial charge in [-0.15, -0.1) is 11.3 Å². The van der Waals surface area contributed by atoms with E-state index in [0.29, 0.717) is 5.69 Å². The molecule has 140 valence electrons. The van der Waals surface area contributed by atoms with E-state index in [-0.39, 0.29) is 17.7 Å². The van der Waals surface area contributed by atoms with Crippen molar-refractivity contribution in [2.45, 2.75) is 33.7 Å². The van der Waals surface area contributed by atoms with Crippen molar-refractivity contribution in [2.75, 3.05) is 5.32 Å². The number of carbonyl (C=O) groups is 2. The second-order valence-electron chi connectivity index (χ2n) is 6.98. The molecule has 0 saturated heterocycles. The van der Waals surface area contributed by atoms with Crippen LogP contribution in [0.2, 0.25) is 0 Å². The summed E-state index contributed by atoms with van der Waals surface area (Å²) < 4.78 is 1.16. The van der Waals surface area contributed by atoms with Crippen molar-refractivity contribution in [3.63, 3.8) is 0 Å². The first-order chi connectivity index (χ1) is 12.8. The summed E-state index contributed by atoms with van der Waals surface area (Å²) in [6.07, 6.45) is 0. The van der Waals surface area contributed by atoms with Gasteiger partial charge in [0.1, 0.15) is 11.0 Å². The summed E-state index contributed by atoms with van der Waals surface area (Å²) in [5, 5.41) is 6.52. The maximum atomic E-state index is 12.5. The molecule has 0 fully saturated rings. The number of aryl methyl sites for hydroxylation is 1. The quantitative estimate of drug-likeness (QED) is 0.689. The van der Waals surface area contributed by atoms with E-state index < -0.39 is 6.04 Å². The summed E-state index contributed by atoms with van der Waals surface area (Å²) in [5.74, 6) is -0.437. The van der Waals surface area contributed by atoms with E-state index in [2.05, 4.69) is 34.7 Å². The van der Waals surface area contributed by atoms with Crippen molar-refractivity contribution >= 4 is 39.1 Å². The van der Waals surface area contributed by atoms with Gasteiger partial charge in [-0.3, -0.25) is 9.59 Å². The Balaban J connectivity index is 1.76. The zero-order chi connectivity index (χ0) is 19.6. The fourth-order valence-electron chi connectivity index (χ4n) is 2.83. The number of hydrogen-bond acceptors (Lipinski definition) is 4. The van der Waals surface area contributed by atoms with Gasteiger partial charge in [-0.05, 0) is 54.8 Å². The van der Waals surface area contributed by atoms with Gasteiger partial charge in [-0.25, -0.2) is 4.98 Å². The molecule has 27 heavy (non-hydrogen) atoms. The molecule has 2 N–H and O–H groups in total. The van der Waals surface area contributed by atoms with Gasteiger partial charge in [-0.2, -0.15) is 0 Å². The van der Waals surface area contributed by atoms with Crippen LogP contribution >= 0.6 is 11.3 Å². The summed E-state index contributed by atoms with van der Waals surface area (Å²) >= 11 is 1.65. The minimum absolute atomic E-state index is 0.000576. The summed E-state index contributed by atoms with van der Waals surface area (Å²) in [5.41, 5.74) is 3.91. The highest BCUT2D eigenvalue weighted by Crippen LogP contribution is 2.31. The van der Waals surface area contributed by atoms with Gasteiger partial charge in [-0.1, -0.05) is 19.9 Å². The first-order valence-corrected chi connectivity index (χ1v) is 9.70. The molecule has 3 aromatic rings. The van der Waals surface area contributed by atoms with Crippen molar-refractivity contribution < 1.29 is 9.59 Å². The highest BCUT2D eigenvalue weighted by Gasteiger charge is 2.23. The Morgan fingerprint density at radius 3 is 2.41 bits per heavy atom. The largest absolute Gasteiger partial charge is 0.344 e. The van der Waals surface area contributed by atoms with Crippen LogP contribution in [-0.2, 0) is 9.59 Å². The predicted molar refractivity (Wildman–Crippen MR) is 111 cm³/mol. The number of rotatable bonds is 5. The molecule has 0 bridgehead atoms. The van der Waals surface area contributed by atoms with Crippen molar-refractivity contribution in [3.05, 3.63) is 48.0 Å². The number of anilines is 1. The lowest BCUT2D eigenvalue weighted by Crippen LogP contribution is -2.46. The number of thiazole rings is 1. The zero-order valence-corrected chi connectivity index (χ0v) is 16.7. The van der Waals surface area contributed by atoms with Crippen LogP contribution in [0.1, 0.15) is 26.3 Å². The van der Waals surface area contributed by atoms with Crippen LogP contribution in [0.4, 0.5) is 5.69 Å². The van der Waals surface area contributed by atoms with Gasteiger partial charge in [0.05, 0.1) is 10.2 Å². The Kier molecular flexibility index (Phi) is 5.56. The number of aromatic nitrogens is 1. The standard InChI is InChI=1S/C21H23N3O2S/c1-12(2)19(22-14(4)25)20(26)23-16-8-6-15(7-9-16)21-24-17-10-5-13(3)11-18(17)27-21/h5-12,19H,1-4H3,(H,22,25)(H,23,26)/t19-/m0/s1. The van der Waals surface area contributed by atoms with Gasteiger partial charge in [0, 0.05) is 18.2 Å². The van der Waals surface area contributed by atoms with Gasteiger partial charge < -0.3 is 10.6 Å². The Bertz CT molecular complexity index is 977. The molecule has 0 spiro atoms. The molecule has 1 aromatic heterocycles. The molecule has 2 amide bonds. The molecule has 0 aliphatic carbocycles. The Hall–Kier alpha value is -2.73. The molecule has 5 nitrogen and oxygen atoms in total. The molecular formula is C21H23N3O2S. The van der Waals surface area contributed by atoms with Crippen LogP contribution in [0.5, 0.6) is 0 Å². The highest BCUT2D eigenvalue weighted by molar-refractivity contribution is 7.21. The van der Waals surface area contributed by atoms with Crippen molar-refractivity contribution in [1.29, 1.82) is 0 Å². The van der Waals surface area contributed by atoms with E-state index in [9.17, 15) is 9.59 Å². The average molecular weight is 382 g/mol. The molecule has 2 aromatic carbocycles. The van der Waals surface area contributed by atoms with Gasteiger partial charge in [0.2, 0.25) is 11.8 Å². The SMILES string of the molecule is CC(=O)N[C@H](C(=O)Nc1ccc(-c2nc3ccc(C)cc3s2)cc1)C(C)C. The van der Waals surface area contributed by atoms with Crippen LogP contribution in [0.3, 0.4) is 0 Å². The fraction of sp³-hybridized carbons (Fsp3) is 0.286. The smallest absolute Gasteiger partial charge is 0.247 e. The molecule has 6 heteroatoms. The van der Waals surface area contributed by atoms with E-state index in [1.807, 2.05) is 44.2 Å². The van der Waals surface area contributed by atoms with E-state index in [1.165, 1.54) is 12.5 Å². The number of carbonyl (C=O) groups excluding carboxylic acids is 2. The highest BCUT2D eigenvalue weighted by atomic mass is 32.1. The van der Waals surface area contributed by atoms with E-state index >= 15 is 0 Å². The average Bonchev–Trinajstić information content (AvgIpc) is 3.03. The predicted octanol–water partition coefficient (Wildman–Crippen LogP) is 4.37. The first kappa shape index (κ1) is 19.0. The minimum Gasteiger partial charge on any atom is -0.344 e. The van der Waals surface area contributed by atoms with E-state index in [1.54, 1.807) is 11.3 Å². The number of fused-ring (bicyclic) bond motifs is 1. The zero-order valence-electron chi connectivity index (χ0n) is 15.9. The number of nitrogens with zero attached hydrogens (tertiary/aromatic N) is 1. The lowest BCUT2D eigenvalue weighted by Gasteiger charge is -2.20.